The second kappa shape index (κ2) is 8.48. The number of carbonyl (C=O) groups excluding carboxylic acids is 1. The van der Waals surface area contributed by atoms with Crippen LogP contribution >= 0.6 is 11.3 Å². The average molecular weight is 439 g/mol. The van der Waals surface area contributed by atoms with E-state index in [2.05, 4.69) is 30.8 Å². The van der Waals surface area contributed by atoms with E-state index in [1.54, 1.807) is 31.0 Å². The van der Waals surface area contributed by atoms with E-state index >= 15 is 0 Å². The summed E-state index contributed by atoms with van der Waals surface area (Å²) >= 11 is 1.64. The van der Waals surface area contributed by atoms with Gasteiger partial charge in [0.2, 0.25) is 0 Å². The third kappa shape index (κ3) is 4.04. The fraction of sp³-hybridized carbons (Fsp3) is 0.333. The minimum Gasteiger partial charge on any atom is -0.446 e. The first-order valence-electron chi connectivity index (χ1n) is 10.1. The highest BCUT2D eigenvalue weighted by Crippen LogP contribution is 2.39. The lowest BCUT2D eigenvalue weighted by Crippen LogP contribution is -2.33. The highest BCUT2D eigenvalue weighted by Gasteiger charge is 2.27. The van der Waals surface area contributed by atoms with Gasteiger partial charge in [0.25, 0.3) is 0 Å². The fourth-order valence-electron chi connectivity index (χ4n) is 3.88. The number of carbonyl (C=O) groups is 1. The second-order valence-electron chi connectivity index (χ2n) is 7.39. The van der Waals surface area contributed by atoms with Gasteiger partial charge in [0, 0.05) is 36.0 Å². The highest BCUT2D eigenvalue weighted by atomic mass is 32.1. The van der Waals surface area contributed by atoms with Crippen LogP contribution in [-0.2, 0) is 22.3 Å². The molecule has 3 aromatic heterocycles. The van der Waals surface area contributed by atoms with Crippen LogP contribution < -0.4 is 10.6 Å². The summed E-state index contributed by atoms with van der Waals surface area (Å²) < 4.78 is 10.5. The molecule has 10 heteroatoms. The van der Waals surface area contributed by atoms with Crippen molar-refractivity contribution in [2.24, 2.45) is 0 Å². The van der Waals surface area contributed by atoms with Crippen molar-refractivity contribution < 1.29 is 14.3 Å². The number of H-pyrrole nitrogens is 1. The van der Waals surface area contributed by atoms with Gasteiger partial charge < -0.3 is 20.1 Å². The zero-order valence-corrected chi connectivity index (χ0v) is 17.8. The summed E-state index contributed by atoms with van der Waals surface area (Å²) in [4.78, 5) is 23.1. The quantitative estimate of drug-likeness (QED) is 0.395. The van der Waals surface area contributed by atoms with Gasteiger partial charge in [-0.25, -0.2) is 14.8 Å². The lowest BCUT2D eigenvalue weighted by molar-refractivity contribution is 0.0876. The van der Waals surface area contributed by atoms with Crippen molar-refractivity contribution in [3.63, 3.8) is 0 Å². The predicted molar refractivity (Wildman–Crippen MR) is 119 cm³/mol. The minimum absolute atomic E-state index is 0.143. The van der Waals surface area contributed by atoms with Crippen molar-refractivity contribution >= 4 is 50.1 Å². The number of nitrogens with one attached hydrogen (secondary N) is 3. The molecule has 0 radical (unpaired) electrons. The molecule has 1 aliphatic rings. The summed E-state index contributed by atoms with van der Waals surface area (Å²) in [5, 5.41) is 15.3. The summed E-state index contributed by atoms with van der Waals surface area (Å²) in [5.74, 6) is 0.794. The van der Waals surface area contributed by atoms with Crippen molar-refractivity contribution in [2.45, 2.75) is 25.4 Å². The normalized spacial score (nSPS) is 15.7. The largest absolute Gasteiger partial charge is 0.446 e. The molecule has 0 saturated carbocycles. The number of hydrogen-bond donors (Lipinski definition) is 3. The number of methoxy groups -OCH3 is 1. The SMILES string of the molecule is COCCNC(=O)OC1CCc2c(sc3ncnc(Nc4ccc5[nH]ncc5c4)c23)C1. The molecular formula is C21H22N6O3S. The van der Waals surface area contributed by atoms with Gasteiger partial charge in [-0.05, 0) is 36.6 Å². The summed E-state index contributed by atoms with van der Waals surface area (Å²) in [5.41, 5.74) is 3.18. The summed E-state index contributed by atoms with van der Waals surface area (Å²) in [7, 11) is 1.60. The van der Waals surface area contributed by atoms with E-state index in [-0.39, 0.29) is 6.10 Å². The molecule has 5 rings (SSSR count). The Hall–Kier alpha value is -3.24. The number of benzene rings is 1. The van der Waals surface area contributed by atoms with Crippen LogP contribution in [0.2, 0.25) is 0 Å². The molecule has 0 saturated heterocycles. The molecule has 0 spiro atoms. The zero-order valence-electron chi connectivity index (χ0n) is 17.0. The zero-order chi connectivity index (χ0) is 21.2. The molecule has 9 nitrogen and oxygen atoms in total. The maximum Gasteiger partial charge on any atom is 0.407 e. The summed E-state index contributed by atoms with van der Waals surface area (Å²) in [6.07, 6.45) is 5.11. The Morgan fingerprint density at radius 3 is 3.19 bits per heavy atom. The van der Waals surface area contributed by atoms with Gasteiger partial charge in [0.15, 0.2) is 0 Å². The van der Waals surface area contributed by atoms with E-state index < -0.39 is 6.09 Å². The number of fused-ring (bicyclic) bond motifs is 4. The molecule has 0 aliphatic heterocycles. The molecule has 1 aliphatic carbocycles. The van der Waals surface area contributed by atoms with Crippen LogP contribution in [0.5, 0.6) is 0 Å². The molecule has 0 fully saturated rings. The molecule has 4 aromatic rings. The lowest BCUT2D eigenvalue weighted by atomic mass is 9.94. The van der Waals surface area contributed by atoms with Crippen molar-refractivity contribution in [1.82, 2.24) is 25.5 Å². The Labute approximate surface area is 182 Å². The minimum atomic E-state index is -0.400. The molecular weight excluding hydrogens is 416 g/mol. The van der Waals surface area contributed by atoms with Crippen molar-refractivity contribution in [1.29, 1.82) is 0 Å². The van der Waals surface area contributed by atoms with Crippen LogP contribution in [0, 0.1) is 0 Å². The van der Waals surface area contributed by atoms with E-state index in [0.29, 0.717) is 19.6 Å². The molecule has 1 unspecified atom stereocenters. The number of ether oxygens (including phenoxy) is 2. The standard InChI is InChI=1S/C21H22N6O3S/c1-29-7-6-22-21(28)30-14-3-4-15-17(9-14)31-20-18(15)19(23-11-24-20)26-13-2-5-16-12(8-13)10-25-27-16/h2,5,8,10-11,14H,3-4,6-7,9H2,1H3,(H,22,28)(H,25,27)(H,23,24,26). The van der Waals surface area contributed by atoms with Crippen LogP contribution in [0.1, 0.15) is 16.9 Å². The Morgan fingerprint density at radius 1 is 1.35 bits per heavy atom. The van der Waals surface area contributed by atoms with Crippen molar-refractivity contribution in [3.8, 4) is 0 Å². The molecule has 1 aromatic carbocycles. The van der Waals surface area contributed by atoms with Gasteiger partial charge in [-0.3, -0.25) is 5.10 Å². The first-order chi connectivity index (χ1) is 15.2. The van der Waals surface area contributed by atoms with Crippen LogP contribution in [0.3, 0.4) is 0 Å². The molecule has 1 atom stereocenters. The van der Waals surface area contributed by atoms with Gasteiger partial charge in [-0.1, -0.05) is 0 Å². The Bertz CT molecular complexity index is 1240. The number of hydrogen-bond acceptors (Lipinski definition) is 8. The monoisotopic (exact) mass is 438 g/mol. The van der Waals surface area contributed by atoms with E-state index in [0.717, 1.165) is 45.5 Å². The number of nitrogens with zero attached hydrogens (tertiary/aromatic N) is 3. The Kier molecular flexibility index (Phi) is 5.39. The number of rotatable bonds is 6. The van der Waals surface area contributed by atoms with Gasteiger partial charge in [0.1, 0.15) is 23.1 Å². The summed E-state index contributed by atoms with van der Waals surface area (Å²) in [6, 6.07) is 6.03. The predicted octanol–water partition coefficient (Wildman–Crippen LogP) is 3.54. The molecule has 3 heterocycles. The van der Waals surface area contributed by atoms with Crippen LogP contribution in [0.15, 0.2) is 30.7 Å². The topological polar surface area (TPSA) is 114 Å². The van der Waals surface area contributed by atoms with E-state index in [4.69, 9.17) is 9.47 Å². The molecule has 1 amide bonds. The third-order valence-corrected chi connectivity index (χ3v) is 6.51. The molecule has 0 bridgehead atoms. The van der Waals surface area contributed by atoms with Crippen LogP contribution in [0.25, 0.3) is 21.1 Å². The maximum absolute atomic E-state index is 12.0. The molecule has 3 N–H and O–H groups in total. The smallest absolute Gasteiger partial charge is 0.407 e. The van der Waals surface area contributed by atoms with Crippen molar-refractivity contribution in [2.75, 3.05) is 25.6 Å². The third-order valence-electron chi connectivity index (χ3n) is 5.35. The average Bonchev–Trinajstić information content (AvgIpc) is 3.37. The van der Waals surface area contributed by atoms with Crippen molar-refractivity contribution in [3.05, 3.63) is 41.2 Å². The van der Waals surface area contributed by atoms with Gasteiger partial charge in [-0.2, -0.15) is 5.10 Å². The van der Waals surface area contributed by atoms with E-state index in [1.165, 1.54) is 10.4 Å². The molecule has 31 heavy (non-hydrogen) atoms. The number of aromatic nitrogens is 4. The summed E-state index contributed by atoms with van der Waals surface area (Å²) in [6.45, 7) is 0.896. The fourth-order valence-corrected chi connectivity index (χ4v) is 5.13. The number of aromatic amines is 1. The van der Waals surface area contributed by atoms with Gasteiger partial charge in [-0.15, -0.1) is 11.3 Å². The maximum atomic E-state index is 12.0. The highest BCUT2D eigenvalue weighted by molar-refractivity contribution is 7.19. The number of amides is 1. The molecule has 160 valence electrons. The van der Waals surface area contributed by atoms with Gasteiger partial charge >= 0.3 is 6.09 Å². The number of aryl methyl sites for hydroxylation is 1. The lowest BCUT2D eigenvalue weighted by Gasteiger charge is -2.22. The second-order valence-corrected chi connectivity index (χ2v) is 8.48. The first-order valence-corrected chi connectivity index (χ1v) is 10.9. The number of anilines is 2. The van der Waals surface area contributed by atoms with E-state index in [1.807, 2.05) is 18.2 Å². The van der Waals surface area contributed by atoms with Gasteiger partial charge in [0.05, 0.1) is 23.7 Å². The van der Waals surface area contributed by atoms with E-state index in [9.17, 15) is 4.79 Å². The van der Waals surface area contributed by atoms with Crippen LogP contribution in [-0.4, -0.2) is 52.6 Å². The Balaban J connectivity index is 1.36. The first kappa shape index (κ1) is 19.7. The van der Waals surface area contributed by atoms with Crippen LogP contribution in [0.4, 0.5) is 16.3 Å². The number of thiophene rings is 1. The number of alkyl carbamates (subject to hydrolysis) is 1. The Morgan fingerprint density at radius 2 is 2.29 bits per heavy atom.